The fourth-order valence-corrected chi connectivity index (χ4v) is 1.98. The van der Waals surface area contributed by atoms with Gasteiger partial charge in [0, 0.05) is 27.0 Å². The number of rotatable bonds is 1. The summed E-state index contributed by atoms with van der Waals surface area (Å²) in [4.78, 5) is 16.6. The summed E-state index contributed by atoms with van der Waals surface area (Å²) in [7, 11) is 3.40. The Hall–Kier alpha value is -1.10. The predicted molar refractivity (Wildman–Crippen MR) is 47.5 cm³/mol. The van der Waals surface area contributed by atoms with Crippen molar-refractivity contribution in [1.29, 1.82) is 0 Å². The Morgan fingerprint density at radius 3 is 2.69 bits per heavy atom. The lowest BCUT2D eigenvalue weighted by Gasteiger charge is -2.47. The van der Waals surface area contributed by atoms with Crippen LogP contribution in [-0.4, -0.2) is 42.6 Å². The van der Waals surface area contributed by atoms with E-state index in [2.05, 4.69) is 4.99 Å². The van der Waals surface area contributed by atoms with Crippen molar-refractivity contribution in [1.82, 2.24) is 4.90 Å². The molecule has 0 aromatic carbocycles. The molecule has 5 nitrogen and oxygen atoms in total. The first-order valence-electron chi connectivity index (χ1n) is 4.25. The lowest BCUT2D eigenvalue weighted by atomic mass is 9.73. The number of amides is 2. The third kappa shape index (κ3) is 0.904. The van der Waals surface area contributed by atoms with Crippen molar-refractivity contribution >= 4 is 11.9 Å². The van der Waals surface area contributed by atoms with Crippen LogP contribution in [0.5, 0.6) is 0 Å². The third-order valence-corrected chi connectivity index (χ3v) is 3.09. The van der Waals surface area contributed by atoms with E-state index in [-0.39, 0.29) is 17.7 Å². The van der Waals surface area contributed by atoms with Gasteiger partial charge in [-0.15, -0.1) is 0 Å². The number of nitrogens with zero attached hydrogens (tertiary/aromatic N) is 2. The van der Waals surface area contributed by atoms with E-state index in [0.29, 0.717) is 5.84 Å². The van der Waals surface area contributed by atoms with Gasteiger partial charge in [0.25, 0.3) is 0 Å². The Morgan fingerprint density at radius 1 is 1.69 bits per heavy atom. The summed E-state index contributed by atoms with van der Waals surface area (Å²) < 4.78 is 5.16. The quantitative estimate of drug-likeness (QED) is 0.620. The average Bonchev–Trinajstić information content (AvgIpc) is 2.22. The molecule has 0 radical (unpaired) electrons. The highest BCUT2D eigenvalue weighted by molar-refractivity contribution is 6.06. The highest BCUT2D eigenvalue weighted by Gasteiger charge is 2.55. The first kappa shape index (κ1) is 8.50. The summed E-state index contributed by atoms with van der Waals surface area (Å²) in [6.07, 6.45) is 1.74. The molecule has 0 aromatic rings. The van der Waals surface area contributed by atoms with Crippen molar-refractivity contribution in [2.75, 3.05) is 14.2 Å². The zero-order valence-electron chi connectivity index (χ0n) is 7.78. The minimum atomic E-state index is -0.336. The second-order valence-electron chi connectivity index (χ2n) is 3.64. The molecule has 1 aliphatic carbocycles. The van der Waals surface area contributed by atoms with Gasteiger partial charge in [0.2, 0.25) is 0 Å². The minimum absolute atomic E-state index is 0.210. The molecule has 1 heterocycles. The molecule has 0 atom stereocenters. The van der Waals surface area contributed by atoms with Crippen LogP contribution in [0.4, 0.5) is 4.79 Å². The van der Waals surface area contributed by atoms with Gasteiger partial charge >= 0.3 is 6.03 Å². The van der Waals surface area contributed by atoms with Crippen LogP contribution >= 0.6 is 0 Å². The lowest BCUT2D eigenvalue weighted by molar-refractivity contribution is -0.0299. The Labute approximate surface area is 76.6 Å². The summed E-state index contributed by atoms with van der Waals surface area (Å²) in [5, 5.41) is 0. The van der Waals surface area contributed by atoms with Gasteiger partial charge in [-0.1, -0.05) is 0 Å². The number of amidine groups is 1. The number of urea groups is 1. The van der Waals surface area contributed by atoms with Crippen LogP contribution in [0.1, 0.15) is 12.8 Å². The van der Waals surface area contributed by atoms with E-state index in [0.717, 1.165) is 12.8 Å². The van der Waals surface area contributed by atoms with Crippen LogP contribution in [0.15, 0.2) is 4.99 Å². The van der Waals surface area contributed by atoms with Gasteiger partial charge in [-0.05, 0) is 0 Å². The monoisotopic (exact) mass is 183 g/mol. The van der Waals surface area contributed by atoms with Gasteiger partial charge in [0.1, 0.15) is 11.4 Å². The first-order chi connectivity index (χ1) is 6.10. The summed E-state index contributed by atoms with van der Waals surface area (Å²) in [5.41, 5.74) is 5.37. The van der Waals surface area contributed by atoms with Gasteiger partial charge in [0.15, 0.2) is 0 Å². The van der Waals surface area contributed by atoms with Crippen LogP contribution in [-0.2, 0) is 4.74 Å². The van der Waals surface area contributed by atoms with Crippen LogP contribution < -0.4 is 5.73 Å². The molecule has 0 saturated heterocycles. The molecule has 2 N–H and O–H groups in total. The Bertz CT molecular complexity index is 281. The zero-order valence-corrected chi connectivity index (χ0v) is 7.78. The van der Waals surface area contributed by atoms with E-state index >= 15 is 0 Å². The van der Waals surface area contributed by atoms with Crippen LogP contribution in [0, 0.1) is 0 Å². The largest absolute Gasteiger partial charge is 0.385 e. The molecule has 1 saturated carbocycles. The van der Waals surface area contributed by atoms with E-state index in [1.54, 1.807) is 19.1 Å². The number of aliphatic imine (C=N–C) groups is 1. The number of nitrogens with two attached hydrogens (primary N) is 1. The maximum atomic E-state index is 11.2. The molecule has 0 aromatic heterocycles. The van der Waals surface area contributed by atoms with E-state index in [9.17, 15) is 4.79 Å². The number of ether oxygens (including phenoxy) is 1. The fraction of sp³-hybridized carbons (Fsp3) is 0.750. The molecule has 0 bridgehead atoms. The number of methoxy groups -OCH3 is 1. The Kier molecular flexibility index (Phi) is 1.60. The van der Waals surface area contributed by atoms with Crippen molar-refractivity contribution in [3.05, 3.63) is 0 Å². The van der Waals surface area contributed by atoms with Gasteiger partial charge in [0.05, 0.1) is 6.10 Å². The average molecular weight is 183 g/mol. The molecule has 2 rings (SSSR count). The van der Waals surface area contributed by atoms with Gasteiger partial charge in [-0.3, -0.25) is 0 Å². The molecular weight excluding hydrogens is 170 g/mol. The SMILES string of the molecule is COC1CC2(C1)C(N)=NC(=O)N2C. The molecule has 1 aliphatic heterocycles. The third-order valence-electron chi connectivity index (χ3n) is 3.09. The lowest BCUT2D eigenvalue weighted by Crippen LogP contribution is -2.63. The van der Waals surface area contributed by atoms with E-state index in [1.807, 2.05) is 0 Å². The number of carbonyl (C=O) groups excluding carboxylic acids is 1. The Balaban J connectivity index is 2.17. The standard InChI is InChI=1S/C8H13N3O2/c1-11-7(12)10-6(9)8(11)3-5(4-8)13-2/h5H,3-4H2,1-2H3,(H2,9,10,12). The van der Waals surface area contributed by atoms with E-state index in [4.69, 9.17) is 10.5 Å². The first-order valence-corrected chi connectivity index (χ1v) is 4.25. The molecule has 2 aliphatic rings. The molecule has 72 valence electrons. The fourth-order valence-electron chi connectivity index (χ4n) is 1.98. The normalized spacial score (nSPS) is 38.0. The number of hydrogen-bond acceptors (Lipinski definition) is 3. The topological polar surface area (TPSA) is 67.9 Å². The predicted octanol–water partition coefficient (Wildman–Crippen LogP) is -0.0434. The van der Waals surface area contributed by atoms with E-state index < -0.39 is 0 Å². The van der Waals surface area contributed by atoms with Gasteiger partial charge in [-0.25, -0.2) is 4.79 Å². The van der Waals surface area contributed by atoms with Crippen molar-refractivity contribution < 1.29 is 9.53 Å². The second-order valence-corrected chi connectivity index (χ2v) is 3.64. The van der Waals surface area contributed by atoms with Crippen molar-refractivity contribution in [3.8, 4) is 0 Å². The molecule has 1 fully saturated rings. The Morgan fingerprint density at radius 2 is 2.31 bits per heavy atom. The van der Waals surface area contributed by atoms with Crippen LogP contribution in [0.25, 0.3) is 0 Å². The summed E-state index contributed by atoms with van der Waals surface area (Å²) >= 11 is 0. The summed E-state index contributed by atoms with van der Waals surface area (Å²) in [6.45, 7) is 0. The van der Waals surface area contributed by atoms with Crippen molar-refractivity contribution in [2.24, 2.45) is 10.7 Å². The minimum Gasteiger partial charge on any atom is -0.385 e. The molecule has 5 heteroatoms. The summed E-state index contributed by atoms with van der Waals surface area (Å²) in [5.74, 6) is 0.438. The highest BCUT2D eigenvalue weighted by Crippen LogP contribution is 2.41. The zero-order chi connectivity index (χ0) is 9.64. The molecule has 13 heavy (non-hydrogen) atoms. The maximum Gasteiger partial charge on any atom is 0.345 e. The molecular formula is C8H13N3O2. The van der Waals surface area contributed by atoms with Crippen molar-refractivity contribution in [2.45, 2.75) is 24.5 Å². The van der Waals surface area contributed by atoms with Gasteiger partial charge in [-0.2, -0.15) is 4.99 Å². The van der Waals surface area contributed by atoms with E-state index in [1.165, 1.54) is 0 Å². The smallest absolute Gasteiger partial charge is 0.345 e. The highest BCUT2D eigenvalue weighted by atomic mass is 16.5. The number of hydrogen-bond donors (Lipinski definition) is 1. The molecule has 0 unspecified atom stereocenters. The maximum absolute atomic E-state index is 11.2. The molecule has 2 amide bonds. The van der Waals surface area contributed by atoms with Crippen LogP contribution in [0.3, 0.4) is 0 Å². The number of carbonyl (C=O) groups is 1. The van der Waals surface area contributed by atoms with Crippen molar-refractivity contribution in [3.63, 3.8) is 0 Å². The second kappa shape index (κ2) is 2.45. The van der Waals surface area contributed by atoms with Crippen LogP contribution in [0.2, 0.25) is 0 Å². The number of likely N-dealkylation sites (N-methyl/N-ethyl adjacent to an activating group) is 1. The van der Waals surface area contributed by atoms with Gasteiger partial charge < -0.3 is 15.4 Å². The summed E-state index contributed by atoms with van der Waals surface area (Å²) in [6, 6.07) is -0.243. The molecule has 1 spiro atoms.